The molecule has 0 aromatic heterocycles. The van der Waals surface area contributed by atoms with Gasteiger partial charge in [0.05, 0.1) is 6.04 Å². The summed E-state index contributed by atoms with van der Waals surface area (Å²) in [6.45, 7) is 10.2. The van der Waals surface area contributed by atoms with Gasteiger partial charge < -0.3 is 4.52 Å². The molecule has 1 rings (SSSR count). The van der Waals surface area contributed by atoms with Gasteiger partial charge in [-0.05, 0) is 37.3 Å². The Kier molecular flexibility index (Phi) is 9.45. The van der Waals surface area contributed by atoms with E-state index in [1.54, 1.807) is 19.1 Å². The SMILES string of the molecule is CC(C)CCCCP(=O)(NC(C)C(=O)CC(C)C)Oc1ccccc1. The van der Waals surface area contributed by atoms with Crippen LogP contribution >= 0.6 is 7.52 Å². The Balaban J connectivity index is 2.75. The number of ketones is 1. The molecule has 0 saturated heterocycles. The monoisotopic (exact) mass is 367 g/mol. The van der Waals surface area contributed by atoms with E-state index in [0.29, 0.717) is 24.3 Å². The zero-order valence-corrected chi connectivity index (χ0v) is 17.2. The van der Waals surface area contributed by atoms with Gasteiger partial charge in [-0.15, -0.1) is 0 Å². The molecule has 1 aromatic rings. The highest BCUT2D eigenvalue weighted by Crippen LogP contribution is 2.44. The van der Waals surface area contributed by atoms with Gasteiger partial charge in [0.25, 0.3) is 0 Å². The van der Waals surface area contributed by atoms with Gasteiger partial charge in [-0.1, -0.05) is 58.7 Å². The van der Waals surface area contributed by atoms with Crippen LogP contribution in [0.5, 0.6) is 5.75 Å². The second-order valence-corrected chi connectivity index (χ2v) is 9.84. The van der Waals surface area contributed by atoms with Gasteiger partial charge in [0.2, 0.25) is 0 Å². The Bertz CT molecular complexity index is 557. The third-order valence-electron chi connectivity index (χ3n) is 3.96. The summed E-state index contributed by atoms with van der Waals surface area (Å²) in [7, 11) is -3.13. The van der Waals surface area contributed by atoms with Gasteiger partial charge in [0, 0.05) is 12.6 Å². The predicted octanol–water partition coefficient (Wildman–Crippen LogP) is 5.68. The van der Waals surface area contributed by atoms with E-state index in [9.17, 15) is 9.36 Å². The number of Topliss-reactive ketones (excluding diaryl/α,β-unsaturated/α-hetero) is 1. The number of hydrogen-bond donors (Lipinski definition) is 1. The average Bonchev–Trinajstić information content (AvgIpc) is 2.51. The minimum atomic E-state index is -3.13. The van der Waals surface area contributed by atoms with E-state index in [0.717, 1.165) is 19.3 Å². The number of rotatable bonds is 12. The van der Waals surface area contributed by atoms with Crippen LogP contribution < -0.4 is 9.61 Å². The number of para-hydroxylation sites is 1. The molecule has 0 fully saturated rings. The number of carbonyl (C=O) groups is 1. The smallest absolute Gasteiger partial charge is 0.317 e. The Morgan fingerprint density at radius 1 is 1.04 bits per heavy atom. The van der Waals surface area contributed by atoms with Crippen LogP contribution in [-0.4, -0.2) is 18.0 Å². The molecule has 0 heterocycles. The molecule has 0 aliphatic heterocycles. The number of hydrogen-bond acceptors (Lipinski definition) is 3. The first-order valence-corrected chi connectivity index (χ1v) is 11.2. The second kappa shape index (κ2) is 10.8. The van der Waals surface area contributed by atoms with Gasteiger partial charge in [0.1, 0.15) is 11.5 Å². The van der Waals surface area contributed by atoms with Gasteiger partial charge in [-0.25, -0.2) is 5.09 Å². The lowest BCUT2D eigenvalue weighted by atomic mass is 10.0. The van der Waals surface area contributed by atoms with Crippen molar-refractivity contribution in [2.75, 3.05) is 6.16 Å². The lowest BCUT2D eigenvalue weighted by Crippen LogP contribution is -2.34. The van der Waals surface area contributed by atoms with Crippen molar-refractivity contribution in [2.45, 2.75) is 66.3 Å². The van der Waals surface area contributed by atoms with E-state index in [1.165, 1.54) is 0 Å². The molecule has 4 nitrogen and oxygen atoms in total. The molecule has 0 amide bonds. The highest BCUT2D eigenvalue weighted by atomic mass is 31.2. The summed E-state index contributed by atoms with van der Waals surface area (Å²) >= 11 is 0. The molecular formula is C20H34NO3P. The maximum atomic E-state index is 13.3. The quantitative estimate of drug-likeness (QED) is 0.381. The Hall–Kier alpha value is -1.12. The van der Waals surface area contributed by atoms with E-state index in [2.05, 4.69) is 18.9 Å². The van der Waals surface area contributed by atoms with Crippen molar-refractivity contribution in [3.05, 3.63) is 30.3 Å². The minimum Gasteiger partial charge on any atom is -0.433 e. The van der Waals surface area contributed by atoms with Crippen LogP contribution in [0.4, 0.5) is 0 Å². The minimum absolute atomic E-state index is 0.0778. The van der Waals surface area contributed by atoms with Gasteiger partial charge in [0.15, 0.2) is 0 Å². The normalized spacial score (nSPS) is 15.2. The van der Waals surface area contributed by atoms with Crippen molar-refractivity contribution in [1.29, 1.82) is 0 Å². The molecule has 0 bridgehead atoms. The fourth-order valence-electron chi connectivity index (χ4n) is 2.61. The number of benzene rings is 1. The summed E-state index contributed by atoms with van der Waals surface area (Å²) in [6.07, 6.45) is 3.85. The molecule has 1 aromatic carbocycles. The first-order valence-electron chi connectivity index (χ1n) is 9.36. The fourth-order valence-corrected chi connectivity index (χ4v) is 4.72. The lowest BCUT2D eigenvalue weighted by molar-refractivity contribution is -0.121. The third kappa shape index (κ3) is 9.23. The summed E-state index contributed by atoms with van der Waals surface area (Å²) in [4.78, 5) is 12.3. The molecular weight excluding hydrogens is 333 g/mol. The van der Waals surface area contributed by atoms with Crippen molar-refractivity contribution in [1.82, 2.24) is 5.09 Å². The van der Waals surface area contributed by atoms with Crippen molar-refractivity contribution >= 4 is 13.3 Å². The summed E-state index contributed by atoms with van der Waals surface area (Å²) < 4.78 is 19.2. The fraction of sp³-hybridized carbons (Fsp3) is 0.650. The van der Waals surface area contributed by atoms with E-state index in [4.69, 9.17) is 4.52 Å². The van der Waals surface area contributed by atoms with E-state index in [-0.39, 0.29) is 11.7 Å². The Morgan fingerprint density at radius 2 is 1.68 bits per heavy atom. The predicted molar refractivity (Wildman–Crippen MR) is 105 cm³/mol. The van der Waals surface area contributed by atoms with E-state index >= 15 is 0 Å². The first-order chi connectivity index (χ1) is 11.7. The van der Waals surface area contributed by atoms with Gasteiger partial charge in [-0.3, -0.25) is 9.36 Å². The van der Waals surface area contributed by atoms with Gasteiger partial charge in [-0.2, -0.15) is 0 Å². The topological polar surface area (TPSA) is 55.4 Å². The molecule has 0 aliphatic carbocycles. The number of nitrogens with one attached hydrogen (secondary N) is 1. The Labute approximate surface area is 153 Å². The summed E-state index contributed by atoms with van der Waals surface area (Å²) in [6, 6.07) is 8.72. The molecule has 1 N–H and O–H groups in total. The molecule has 0 radical (unpaired) electrons. The largest absolute Gasteiger partial charge is 0.433 e. The summed E-state index contributed by atoms with van der Waals surface area (Å²) in [5, 5.41) is 3.02. The van der Waals surface area contributed by atoms with Gasteiger partial charge >= 0.3 is 7.52 Å². The lowest BCUT2D eigenvalue weighted by Gasteiger charge is -2.24. The molecule has 2 unspecified atom stereocenters. The van der Waals surface area contributed by atoms with Crippen molar-refractivity contribution in [3.63, 3.8) is 0 Å². The van der Waals surface area contributed by atoms with Crippen LogP contribution in [-0.2, 0) is 9.36 Å². The number of unbranched alkanes of at least 4 members (excludes halogenated alkanes) is 1. The van der Waals surface area contributed by atoms with Crippen molar-refractivity contribution < 1.29 is 13.9 Å². The average molecular weight is 367 g/mol. The third-order valence-corrected chi connectivity index (χ3v) is 6.15. The molecule has 25 heavy (non-hydrogen) atoms. The second-order valence-electron chi connectivity index (χ2n) is 7.61. The van der Waals surface area contributed by atoms with E-state index in [1.807, 2.05) is 32.0 Å². The molecule has 0 spiro atoms. The first kappa shape index (κ1) is 21.9. The van der Waals surface area contributed by atoms with Crippen LogP contribution in [0.15, 0.2) is 30.3 Å². The maximum Gasteiger partial charge on any atom is 0.317 e. The van der Waals surface area contributed by atoms with E-state index < -0.39 is 13.6 Å². The Morgan fingerprint density at radius 3 is 2.24 bits per heavy atom. The zero-order chi connectivity index (χ0) is 18.9. The summed E-state index contributed by atoms with van der Waals surface area (Å²) in [5.74, 6) is 1.57. The highest BCUT2D eigenvalue weighted by molar-refractivity contribution is 7.57. The van der Waals surface area contributed by atoms with Crippen LogP contribution in [0.3, 0.4) is 0 Å². The summed E-state index contributed by atoms with van der Waals surface area (Å²) in [5.41, 5.74) is 0. The van der Waals surface area contributed by atoms with Crippen molar-refractivity contribution in [3.8, 4) is 5.75 Å². The van der Waals surface area contributed by atoms with Crippen LogP contribution in [0.2, 0.25) is 0 Å². The highest BCUT2D eigenvalue weighted by Gasteiger charge is 2.29. The standard InChI is InChI=1S/C20H34NO3P/c1-16(2)11-9-10-14-25(23,24-19-12-7-6-8-13-19)21-18(5)20(22)15-17(3)4/h6-8,12-13,16-18H,9-11,14-15H2,1-5H3,(H,21,23). The maximum absolute atomic E-state index is 13.3. The van der Waals surface area contributed by atoms with Crippen LogP contribution in [0.1, 0.15) is 60.3 Å². The molecule has 142 valence electrons. The molecule has 0 aliphatic rings. The molecule has 5 heteroatoms. The molecule has 0 saturated carbocycles. The van der Waals surface area contributed by atoms with Crippen LogP contribution in [0, 0.1) is 11.8 Å². The number of carbonyl (C=O) groups excluding carboxylic acids is 1. The zero-order valence-electron chi connectivity index (χ0n) is 16.3. The molecule has 2 atom stereocenters. The van der Waals surface area contributed by atoms with Crippen LogP contribution in [0.25, 0.3) is 0 Å². The van der Waals surface area contributed by atoms with Crippen molar-refractivity contribution in [2.24, 2.45) is 11.8 Å².